The molecule has 0 aliphatic carbocycles. The van der Waals surface area contributed by atoms with E-state index in [-0.39, 0.29) is 0 Å². The van der Waals surface area contributed by atoms with E-state index in [0.29, 0.717) is 18.6 Å². The molecule has 1 aliphatic heterocycles. The summed E-state index contributed by atoms with van der Waals surface area (Å²) in [4.78, 5) is 22.7. The van der Waals surface area contributed by atoms with E-state index in [1.165, 1.54) is 0 Å². The molecule has 1 aromatic carbocycles. The highest BCUT2D eigenvalue weighted by Gasteiger charge is 2.30. The summed E-state index contributed by atoms with van der Waals surface area (Å²) in [5.41, 5.74) is 0.445. The lowest BCUT2D eigenvalue weighted by atomic mass is 10.2. The number of rotatable bonds is 2. The fourth-order valence-corrected chi connectivity index (χ4v) is 1.73. The van der Waals surface area contributed by atoms with Gasteiger partial charge in [-0.2, -0.15) is 0 Å². The second kappa shape index (κ2) is 4.82. The summed E-state index contributed by atoms with van der Waals surface area (Å²) >= 11 is 2.15. The Labute approximate surface area is 106 Å². The van der Waals surface area contributed by atoms with Crippen LogP contribution in [0.3, 0.4) is 0 Å². The summed E-state index contributed by atoms with van der Waals surface area (Å²) < 4.78 is 10.8. The zero-order valence-electron chi connectivity index (χ0n) is 8.31. The summed E-state index contributed by atoms with van der Waals surface area (Å²) in [7, 11) is 0. The zero-order valence-corrected chi connectivity index (χ0v) is 10.5. The molecule has 4 nitrogen and oxygen atoms in total. The summed E-state index contributed by atoms with van der Waals surface area (Å²) in [6.07, 6.45) is -0.304. The highest BCUT2D eigenvalue weighted by molar-refractivity contribution is 14.1. The molecule has 2 rings (SSSR count). The molecule has 0 N–H and O–H groups in total. The van der Waals surface area contributed by atoms with E-state index in [9.17, 15) is 9.59 Å². The molecule has 0 spiro atoms. The molecular formula is C11H9IO4. The van der Waals surface area contributed by atoms with Crippen LogP contribution < -0.4 is 0 Å². The molecule has 84 valence electrons. The van der Waals surface area contributed by atoms with Crippen molar-refractivity contribution >= 4 is 34.5 Å². The van der Waals surface area contributed by atoms with Gasteiger partial charge in [-0.3, -0.25) is 0 Å². The number of hydrogen-bond acceptors (Lipinski definition) is 4. The standard InChI is InChI=1S/C11H9IO4/c12-8-3-1-7(2-4-8)10(13)16-9-5-6-15-11(9)14/h1-4,9H,5-6H2/t9-/m1/s1. The molecule has 1 aromatic rings. The monoisotopic (exact) mass is 332 g/mol. The number of halogens is 1. The van der Waals surface area contributed by atoms with E-state index >= 15 is 0 Å². The number of benzene rings is 1. The molecule has 1 atom stereocenters. The second-order valence-corrected chi connectivity index (χ2v) is 4.60. The predicted molar refractivity (Wildman–Crippen MR) is 63.9 cm³/mol. The van der Waals surface area contributed by atoms with Crippen molar-refractivity contribution in [2.75, 3.05) is 6.61 Å². The van der Waals surface area contributed by atoms with Crippen molar-refractivity contribution in [3.63, 3.8) is 0 Å². The minimum atomic E-state index is -0.744. The number of carbonyl (C=O) groups excluding carboxylic acids is 2. The van der Waals surface area contributed by atoms with Gasteiger partial charge in [-0.05, 0) is 46.9 Å². The molecule has 1 saturated heterocycles. The van der Waals surface area contributed by atoms with Gasteiger partial charge in [-0.25, -0.2) is 9.59 Å². The van der Waals surface area contributed by atoms with Gasteiger partial charge in [0.05, 0.1) is 12.2 Å². The van der Waals surface area contributed by atoms with Gasteiger partial charge >= 0.3 is 11.9 Å². The maximum absolute atomic E-state index is 11.6. The van der Waals surface area contributed by atoms with Gasteiger partial charge in [0.25, 0.3) is 0 Å². The minimum absolute atomic E-state index is 0.323. The van der Waals surface area contributed by atoms with Crippen molar-refractivity contribution < 1.29 is 19.1 Å². The van der Waals surface area contributed by atoms with Crippen LogP contribution in [0.25, 0.3) is 0 Å². The molecule has 0 saturated carbocycles. The maximum Gasteiger partial charge on any atom is 0.347 e. The van der Waals surface area contributed by atoms with Crippen LogP contribution in [0, 0.1) is 3.57 Å². The van der Waals surface area contributed by atoms with E-state index in [4.69, 9.17) is 9.47 Å². The van der Waals surface area contributed by atoms with Gasteiger partial charge < -0.3 is 9.47 Å². The van der Waals surface area contributed by atoms with E-state index in [2.05, 4.69) is 22.6 Å². The molecule has 0 bridgehead atoms. The van der Waals surface area contributed by atoms with Crippen LogP contribution in [0.4, 0.5) is 0 Å². The van der Waals surface area contributed by atoms with Crippen molar-refractivity contribution in [2.24, 2.45) is 0 Å². The molecule has 16 heavy (non-hydrogen) atoms. The Bertz CT molecular complexity index is 412. The summed E-state index contributed by atoms with van der Waals surface area (Å²) in [5, 5.41) is 0. The fourth-order valence-electron chi connectivity index (χ4n) is 1.37. The van der Waals surface area contributed by atoms with E-state index < -0.39 is 18.0 Å². The Morgan fingerprint density at radius 1 is 1.38 bits per heavy atom. The molecule has 0 aromatic heterocycles. The Morgan fingerprint density at radius 3 is 2.62 bits per heavy atom. The first-order valence-electron chi connectivity index (χ1n) is 4.80. The van der Waals surface area contributed by atoms with Gasteiger partial charge in [0.15, 0.2) is 0 Å². The van der Waals surface area contributed by atoms with Crippen molar-refractivity contribution in [2.45, 2.75) is 12.5 Å². The average Bonchev–Trinajstić information content (AvgIpc) is 2.65. The number of carbonyl (C=O) groups is 2. The number of hydrogen-bond donors (Lipinski definition) is 0. The summed E-state index contributed by atoms with van der Waals surface area (Å²) in [5.74, 6) is -0.945. The number of ether oxygens (including phenoxy) is 2. The normalized spacial score (nSPS) is 19.3. The third-order valence-electron chi connectivity index (χ3n) is 2.22. The lowest BCUT2D eigenvalue weighted by Crippen LogP contribution is -2.22. The van der Waals surface area contributed by atoms with Crippen LogP contribution in [0.15, 0.2) is 24.3 Å². The van der Waals surface area contributed by atoms with Crippen molar-refractivity contribution in [3.8, 4) is 0 Å². The third-order valence-corrected chi connectivity index (χ3v) is 2.94. The second-order valence-electron chi connectivity index (χ2n) is 3.36. The first kappa shape index (κ1) is 11.4. The molecule has 1 aliphatic rings. The van der Waals surface area contributed by atoms with Gasteiger partial charge in [-0.1, -0.05) is 0 Å². The SMILES string of the molecule is O=C(O[C@@H]1CCOC1=O)c1ccc(I)cc1. The molecule has 0 radical (unpaired) electrons. The lowest BCUT2D eigenvalue weighted by Gasteiger charge is -2.07. The third kappa shape index (κ3) is 2.52. The van der Waals surface area contributed by atoms with Crippen LogP contribution in [0.2, 0.25) is 0 Å². The molecule has 0 amide bonds. The van der Waals surface area contributed by atoms with Crippen LogP contribution in [0.5, 0.6) is 0 Å². The molecule has 1 heterocycles. The van der Waals surface area contributed by atoms with Gasteiger partial charge in [0, 0.05) is 9.99 Å². The topological polar surface area (TPSA) is 52.6 Å². The number of cyclic esters (lactones) is 1. The Balaban J connectivity index is 2.02. The first-order chi connectivity index (χ1) is 7.66. The van der Waals surface area contributed by atoms with E-state index in [1.54, 1.807) is 12.1 Å². The van der Waals surface area contributed by atoms with Crippen LogP contribution in [-0.4, -0.2) is 24.6 Å². The van der Waals surface area contributed by atoms with E-state index in [1.807, 2.05) is 12.1 Å². The summed E-state index contributed by atoms with van der Waals surface area (Å²) in [6.45, 7) is 0.323. The van der Waals surface area contributed by atoms with Crippen LogP contribution in [0.1, 0.15) is 16.8 Å². The number of esters is 2. The van der Waals surface area contributed by atoms with Crippen LogP contribution >= 0.6 is 22.6 Å². The summed E-state index contributed by atoms with van der Waals surface area (Å²) in [6, 6.07) is 6.96. The Kier molecular flexibility index (Phi) is 3.42. The molecular weight excluding hydrogens is 323 g/mol. The van der Waals surface area contributed by atoms with E-state index in [0.717, 1.165) is 3.57 Å². The highest BCUT2D eigenvalue weighted by Crippen LogP contribution is 2.14. The Morgan fingerprint density at radius 2 is 2.06 bits per heavy atom. The molecule has 5 heteroatoms. The van der Waals surface area contributed by atoms with Gasteiger partial charge in [0.2, 0.25) is 6.10 Å². The first-order valence-corrected chi connectivity index (χ1v) is 5.88. The Hall–Kier alpha value is -1.11. The quantitative estimate of drug-likeness (QED) is 0.612. The largest absolute Gasteiger partial charge is 0.463 e. The van der Waals surface area contributed by atoms with Gasteiger partial charge in [0.1, 0.15) is 0 Å². The average molecular weight is 332 g/mol. The molecule has 1 fully saturated rings. The fraction of sp³-hybridized carbons (Fsp3) is 0.273. The smallest absolute Gasteiger partial charge is 0.347 e. The lowest BCUT2D eigenvalue weighted by molar-refractivity contribution is -0.145. The molecule has 0 unspecified atom stereocenters. The van der Waals surface area contributed by atoms with Crippen molar-refractivity contribution in [3.05, 3.63) is 33.4 Å². The van der Waals surface area contributed by atoms with Gasteiger partial charge in [-0.15, -0.1) is 0 Å². The van der Waals surface area contributed by atoms with Crippen LogP contribution in [-0.2, 0) is 14.3 Å². The van der Waals surface area contributed by atoms with Crippen molar-refractivity contribution in [1.29, 1.82) is 0 Å². The highest BCUT2D eigenvalue weighted by atomic mass is 127. The maximum atomic E-state index is 11.6. The van der Waals surface area contributed by atoms with Crippen molar-refractivity contribution in [1.82, 2.24) is 0 Å². The minimum Gasteiger partial charge on any atom is -0.463 e. The zero-order chi connectivity index (χ0) is 11.5. The predicted octanol–water partition coefficient (Wildman–Crippen LogP) is 1.76.